The fourth-order valence-electron chi connectivity index (χ4n) is 8.45. The van der Waals surface area contributed by atoms with Crippen LogP contribution in [0, 0.1) is 40.4 Å². The second-order valence-corrected chi connectivity index (χ2v) is 12.4. The fourth-order valence-corrected chi connectivity index (χ4v) is 8.45. The second kappa shape index (κ2) is 7.50. The Bertz CT molecular complexity index is 671. The van der Waals surface area contributed by atoms with Gasteiger partial charge in [0.1, 0.15) is 0 Å². The van der Waals surface area contributed by atoms with Crippen LogP contribution in [-0.2, 0) is 4.79 Å². The average Bonchev–Trinajstić information content (AvgIpc) is 2.98. The fraction of sp³-hybridized carbons (Fsp3) is 0.889. The highest BCUT2D eigenvalue weighted by Gasteiger charge is 2.59. The third kappa shape index (κ3) is 3.66. The van der Waals surface area contributed by atoms with Crippen LogP contribution in [0.25, 0.3) is 0 Å². The summed E-state index contributed by atoms with van der Waals surface area (Å²) in [6.45, 7) is 11.3. The Morgan fingerprint density at radius 1 is 1.03 bits per heavy atom. The minimum absolute atomic E-state index is 0.233. The van der Waals surface area contributed by atoms with E-state index in [-0.39, 0.29) is 5.41 Å². The summed E-state index contributed by atoms with van der Waals surface area (Å²) < 4.78 is 0. The van der Waals surface area contributed by atoms with Crippen molar-refractivity contribution >= 4 is 5.78 Å². The molecule has 0 bridgehead atoms. The van der Waals surface area contributed by atoms with E-state index < -0.39 is 5.60 Å². The van der Waals surface area contributed by atoms with Gasteiger partial charge in [-0.15, -0.1) is 0 Å². The van der Waals surface area contributed by atoms with E-state index in [1.165, 1.54) is 51.4 Å². The molecule has 0 aromatic rings. The summed E-state index contributed by atoms with van der Waals surface area (Å²) in [5.74, 6) is 3.53. The van der Waals surface area contributed by atoms with Gasteiger partial charge in [-0.1, -0.05) is 52.0 Å². The standard InChI is InChI=1S/C27H44O2/c1-18(9-8-14-25(2,3)29)20-11-12-21-19-17-24(28)23-10-6-7-15-26(23,4)22(19)13-16-27(20,21)5/h17-18,20-23,29H,6-16H2,1-5H3/t18-,20-,21+,22+,23?,26-,27-/m1/s1. The van der Waals surface area contributed by atoms with Gasteiger partial charge < -0.3 is 5.11 Å². The van der Waals surface area contributed by atoms with Gasteiger partial charge in [0.15, 0.2) is 5.78 Å². The van der Waals surface area contributed by atoms with Crippen molar-refractivity contribution in [3.63, 3.8) is 0 Å². The van der Waals surface area contributed by atoms with Crippen LogP contribution in [0.1, 0.15) is 105 Å². The lowest BCUT2D eigenvalue weighted by atomic mass is 9.47. The molecule has 3 saturated carbocycles. The number of aliphatic hydroxyl groups is 1. The summed E-state index contributed by atoms with van der Waals surface area (Å²) in [4.78, 5) is 13.1. The average molecular weight is 401 g/mol. The van der Waals surface area contributed by atoms with Gasteiger partial charge in [0, 0.05) is 5.92 Å². The first kappa shape index (κ1) is 21.6. The molecule has 0 aromatic carbocycles. The van der Waals surface area contributed by atoms with Crippen molar-refractivity contribution < 1.29 is 9.90 Å². The van der Waals surface area contributed by atoms with Crippen LogP contribution in [0.5, 0.6) is 0 Å². The first-order valence-corrected chi connectivity index (χ1v) is 12.5. The molecule has 2 nitrogen and oxygen atoms in total. The zero-order valence-corrected chi connectivity index (χ0v) is 19.6. The van der Waals surface area contributed by atoms with E-state index in [0.717, 1.165) is 25.2 Å². The van der Waals surface area contributed by atoms with Crippen LogP contribution in [-0.4, -0.2) is 16.5 Å². The zero-order valence-electron chi connectivity index (χ0n) is 19.6. The number of fused-ring (bicyclic) bond motifs is 5. The number of hydrogen-bond acceptors (Lipinski definition) is 2. The molecule has 164 valence electrons. The molecule has 3 fully saturated rings. The molecule has 0 aliphatic heterocycles. The molecule has 2 heteroatoms. The summed E-state index contributed by atoms with van der Waals surface area (Å²) in [6.07, 6.45) is 15.6. The van der Waals surface area contributed by atoms with E-state index in [4.69, 9.17) is 0 Å². The van der Waals surface area contributed by atoms with E-state index in [9.17, 15) is 9.90 Å². The van der Waals surface area contributed by atoms with Crippen LogP contribution in [0.3, 0.4) is 0 Å². The van der Waals surface area contributed by atoms with Crippen molar-refractivity contribution in [3.05, 3.63) is 11.6 Å². The first-order valence-electron chi connectivity index (χ1n) is 12.5. The Kier molecular flexibility index (Phi) is 5.59. The van der Waals surface area contributed by atoms with E-state index in [2.05, 4.69) is 26.8 Å². The lowest BCUT2D eigenvalue weighted by molar-refractivity contribution is -0.128. The summed E-state index contributed by atoms with van der Waals surface area (Å²) in [5, 5.41) is 10.1. The lowest BCUT2D eigenvalue weighted by Crippen LogP contribution is -2.51. The van der Waals surface area contributed by atoms with Crippen molar-refractivity contribution in [1.82, 2.24) is 0 Å². The van der Waals surface area contributed by atoms with Crippen molar-refractivity contribution in [3.8, 4) is 0 Å². The molecule has 0 spiro atoms. The van der Waals surface area contributed by atoms with Gasteiger partial charge in [-0.05, 0) is 99.4 Å². The number of ketones is 1. The van der Waals surface area contributed by atoms with E-state index in [1.807, 2.05) is 13.8 Å². The minimum atomic E-state index is -0.543. The molecule has 29 heavy (non-hydrogen) atoms. The van der Waals surface area contributed by atoms with Crippen molar-refractivity contribution in [2.75, 3.05) is 0 Å². The molecule has 0 amide bonds. The SMILES string of the molecule is C[C@H](CCCC(C)(C)O)[C@H]1CC[C@H]2C3=CC(=O)C4CCCC[C@]4(C)[C@H]3CC[C@]12C. The Morgan fingerprint density at radius 2 is 1.76 bits per heavy atom. The minimum Gasteiger partial charge on any atom is -0.390 e. The zero-order chi connectivity index (χ0) is 21.0. The molecule has 7 atom stereocenters. The molecular formula is C27H44O2. The monoisotopic (exact) mass is 400 g/mol. The van der Waals surface area contributed by atoms with Gasteiger partial charge in [0.05, 0.1) is 5.60 Å². The largest absolute Gasteiger partial charge is 0.390 e. The quantitative estimate of drug-likeness (QED) is 0.556. The highest BCUT2D eigenvalue weighted by atomic mass is 16.3. The van der Waals surface area contributed by atoms with E-state index in [0.29, 0.717) is 34.9 Å². The Balaban J connectivity index is 1.53. The third-order valence-electron chi connectivity index (χ3n) is 10.0. The van der Waals surface area contributed by atoms with Crippen LogP contribution < -0.4 is 0 Å². The van der Waals surface area contributed by atoms with Gasteiger partial charge in [0.2, 0.25) is 0 Å². The van der Waals surface area contributed by atoms with Crippen molar-refractivity contribution in [2.45, 2.75) is 111 Å². The molecule has 0 radical (unpaired) electrons. The highest BCUT2D eigenvalue weighted by molar-refractivity contribution is 5.94. The predicted molar refractivity (Wildman–Crippen MR) is 120 cm³/mol. The molecular weight excluding hydrogens is 356 g/mol. The Hall–Kier alpha value is -0.630. The summed E-state index contributed by atoms with van der Waals surface area (Å²) >= 11 is 0. The molecule has 4 aliphatic carbocycles. The third-order valence-corrected chi connectivity index (χ3v) is 10.0. The number of allylic oxidation sites excluding steroid dienone is 2. The summed E-state index contributed by atoms with van der Waals surface area (Å²) in [5.41, 5.74) is 1.63. The van der Waals surface area contributed by atoms with Gasteiger partial charge in [0.25, 0.3) is 0 Å². The number of carbonyl (C=O) groups is 1. The molecule has 1 N–H and O–H groups in total. The molecule has 0 heterocycles. The van der Waals surface area contributed by atoms with Crippen LogP contribution in [0.2, 0.25) is 0 Å². The number of carbonyl (C=O) groups excluding carboxylic acids is 1. The van der Waals surface area contributed by atoms with Crippen LogP contribution in [0.15, 0.2) is 11.6 Å². The Labute approximate surface area is 178 Å². The maximum absolute atomic E-state index is 13.1. The molecule has 0 aromatic heterocycles. The van der Waals surface area contributed by atoms with Gasteiger partial charge in [-0.2, -0.15) is 0 Å². The van der Waals surface area contributed by atoms with Crippen molar-refractivity contribution in [1.29, 1.82) is 0 Å². The molecule has 1 unspecified atom stereocenters. The Morgan fingerprint density at radius 3 is 2.48 bits per heavy atom. The number of rotatable bonds is 5. The van der Waals surface area contributed by atoms with Crippen LogP contribution in [0.4, 0.5) is 0 Å². The van der Waals surface area contributed by atoms with E-state index in [1.54, 1.807) is 5.57 Å². The molecule has 4 aliphatic rings. The normalized spacial score (nSPS) is 43.2. The highest BCUT2D eigenvalue weighted by Crippen LogP contribution is 2.66. The smallest absolute Gasteiger partial charge is 0.159 e. The molecule has 0 saturated heterocycles. The second-order valence-electron chi connectivity index (χ2n) is 12.4. The van der Waals surface area contributed by atoms with Crippen LogP contribution >= 0.6 is 0 Å². The summed E-state index contributed by atoms with van der Waals surface area (Å²) in [6, 6.07) is 0. The number of hydrogen-bond donors (Lipinski definition) is 1. The van der Waals surface area contributed by atoms with Crippen molar-refractivity contribution in [2.24, 2.45) is 40.4 Å². The van der Waals surface area contributed by atoms with E-state index >= 15 is 0 Å². The van der Waals surface area contributed by atoms with Gasteiger partial charge in [-0.3, -0.25) is 4.79 Å². The lowest BCUT2D eigenvalue weighted by Gasteiger charge is -2.56. The van der Waals surface area contributed by atoms with Gasteiger partial charge >= 0.3 is 0 Å². The predicted octanol–water partition coefficient (Wildman–Crippen LogP) is 6.71. The maximum atomic E-state index is 13.1. The topological polar surface area (TPSA) is 37.3 Å². The molecule has 4 rings (SSSR count). The summed E-state index contributed by atoms with van der Waals surface area (Å²) in [7, 11) is 0. The first-order chi connectivity index (χ1) is 13.6. The van der Waals surface area contributed by atoms with Gasteiger partial charge in [-0.25, -0.2) is 0 Å². The maximum Gasteiger partial charge on any atom is 0.159 e.